The third kappa shape index (κ3) is 3.73. The molecule has 4 rings (SSSR count). The maximum absolute atomic E-state index is 14.5. The van der Waals surface area contributed by atoms with Gasteiger partial charge in [0.15, 0.2) is 0 Å². The Labute approximate surface area is 166 Å². The van der Waals surface area contributed by atoms with Crippen LogP contribution in [-0.2, 0) is 9.59 Å². The largest absolute Gasteiger partial charge is 0.381 e. The summed E-state index contributed by atoms with van der Waals surface area (Å²) in [5.74, 6) is -3.12. The standard InChI is InChI=1S/C19H22FN5O4/c20-13-9-11-12(10-14(13)22-5-8-24-6-3-21-4-7-24)19(29)25(18(11)28)15-1-2-16(26)23-17(15)27/h9-10,15,21-22H,1-8H2,(H,23,26,27). The van der Waals surface area contributed by atoms with Crippen molar-refractivity contribution in [3.05, 3.63) is 29.1 Å². The highest BCUT2D eigenvalue weighted by Gasteiger charge is 2.45. The Morgan fingerprint density at radius 1 is 1.07 bits per heavy atom. The summed E-state index contributed by atoms with van der Waals surface area (Å²) in [6.07, 6.45) is 0.103. The number of piperidine rings is 1. The highest BCUT2D eigenvalue weighted by atomic mass is 19.1. The first-order chi connectivity index (χ1) is 14.0. The number of rotatable bonds is 5. The second-order valence-electron chi connectivity index (χ2n) is 7.34. The van der Waals surface area contributed by atoms with Gasteiger partial charge < -0.3 is 10.6 Å². The Balaban J connectivity index is 1.48. The van der Waals surface area contributed by atoms with Crippen LogP contribution in [0.5, 0.6) is 0 Å². The van der Waals surface area contributed by atoms with Gasteiger partial charge in [0, 0.05) is 45.7 Å². The molecule has 29 heavy (non-hydrogen) atoms. The predicted molar refractivity (Wildman–Crippen MR) is 101 cm³/mol. The highest BCUT2D eigenvalue weighted by Crippen LogP contribution is 2.31. The van der Waals surface area contributed by atoms with Crippen LogP contribution >= 0.6 is 0 Å². The van der Waals surface area contributed by atoms with Gasteiger partial charge in [-0.05, 0) is 18.6 Å². The number of anilines is 1. The van der Waals surface area contributed by atoms with Crippen molar-refractivity contribution >= 4 is 29.3 Å². The van der Waals surface area contributed by atoms with Crippen LogP contribution in [0.25, 0.3) is 0 Å². The fraction of sp³-hybridized carbons (Fsp3) is 0.474. The number of carbonyl (C=O) groups excluding carboxylic acids is 4. The van der Waals surface area contributed by atoms with E-state index in [4.69, 9.17) is 0 Å². The number of benzene rings is 1. The normalized spacial score (nSPS) is 22.7. The van der Waals surface area contributed by atoms with Gasteiger partial charge in [0.1, 0.15) is 11.9 Å². The van der Waals surface area contributed by atoms with Crippen LogP contribution in [0.4, 0.5) is 10.1 Å². The Kier molecular flexibility index (Phi) is 5.29. The number of imide groups is 2. The van der Waals surface area contributed by atoms with E-state index >= 15 is 0 Å². The third-order valence-corrected chi connectivity index (χ3v) is 5.48. The van der Waals surface area contributed by atoms with Gasteiger partial charge in [-0.1, -0.05) is 0 Å². The number of halogens is 1. The van der Waals surface area contributed by atoms with Crippen molar-refractivity contribution in [2.24, 2.45) is 0 Å². The number of carbonyl (C=O) groups is 4. The van der Waals surface area contributed by atoms with Gasteiger partial charge in [-0.3, -0.25) is 34.3 Å². The molecular weight excluding hydrogens is 381 g/mol. The molecule has 10 heteroatoms. The van der Waals surface area contributed by atoms with Crippen LogP contribution in [0.2, 0.25) is 0 Å². The van der Waals surface area contributed by atoms with E-state index in [1.807, 2.05) is 0 Å². The fourth-order valence-electron chi connectivity index (χ4n) is 3.91. The number of piperazine rings is 1. The molecule has 1 atom stereocenters. The molecule has 1 unspecified atom stereocenters. The van der Waals surface area contributed by atoms with Crippen molar-refractivity contribution in [1.82, 2.24) is 20.4 Å². The van der Waals surface area contributed by atoms with E-state index in [1.54, 1.807) is 0 Å². The minimum absolute atomic E-state index is 0.0387. The zero-order valence-electron chi connectivity index (χ0n) is 15.8. The Bertz CT molecular complexity index is 884. The molecule has 9 nitrogen and oxygen atoms in total. The molecule has 2 fully saturated rings. The van der Waals surface area contributed by atoms with Gasteiger partial charge in [0.25, 0.3) is 11.8 Å². The van der Waals surface area contributed by atoms with E-state index in [-0.39, 0.29) is 29.7 Å². The summed E-state index contributed by atoms with van der Waals surface area (Å²) in [5, 5.41) is 8.39. The summed E-state index contributed by atoms with van der Waals surface area (Å²) < 4.78 is 14.5. The van der Waals surface area contributed by atoms with E-state index in [1.165, 1.54) is 6.07 Å². The maximum Gasteiger partial charge on any atom is 0.262 e. The lowest BCUT2D eigenvalue weighted by atomic mass is 10.0. The third-order valence-electron chi connectivity index (χ3n) is 5.48. The molecule has 1 aromatic rings. The maximum atomic E-state index is 14.5. The van der Waals surface area contributed by atoms with Crippen molar-refractivity contribution in [3.63, 3.8) is 0 Å². The summed E-state index contributed by atoms with van der Waals surface area (Å²) in [4.78, 5) is 51.9. The first kappa shape index (κ1) is 19.5. The minimum atomic E-state index is -1.06. The molecular formula is C19H22FN5O4. The van der Waals surface area contributed by atoms with Crippen LogP contribution in [0, 0.1) is 5.82 Å². The Morgan fingerprint density at radius 2 is 1.76 bits per heavy atom. The van der Waals surface area contributed by atoms with Crippen molar-refractivity contribution in [3.8, 4) is 0 Å². The Hall–Kier alpha value is -2.85. The van der Waals surface area contributed by atoms with Crippen LogP contribution in [0.15, 0.2) is 12.1 Å². The van der Waals surface area contributed by atoms with Gasteiger partial charge in [-0.15, -0.1) is 0 Å². The van der Waals surface area contributed by atoms with E-state index in [2.05, 4.69) is 20.9 Å². The molecule has 0 aromatic heterocycles. The van der Waals surface area contributed by atoms with Crippen molar-refractivity contribution < 1.29 is 23.6 Å². The number of fused-ring (bicyclic) bond motifs is 1. The molecule has 3 N–H and O–H groups in total. The number of nitrogens with zero attached hydrogens (tertiary/aromatic N) is 2. The van der Waals surface area contributed by atoms with E-state index in [0.717, 1.165) is 43.7 Å². The number of amides is 4. The summed E-state index contributed by atoms with van der Waals surface area (Å²) in [7, 11) is 0. The average molecular weight is 403 g/mol. The summed E-state index contributed by atoms with van der Waals surface area (Å²) >= 11 is 0. The molecule has 0 aliphatic carbocycles. The average Bonchev–Trinajstić information content (AvgIpc) is 2.93. The molecule has 4 amide bonds. The van der Waals surface area contributed by atoms with Crippen molar-refractivity contribution in [1.29, 1.82) is 0 Å². The van der Waals surface area contributed by atoms with Gasteiger partial charge >= 0.3 is 0 Å². The summed E-state index contributed by atoms with van der Waals surface area (Å²) in [6, 6.07) is 1.30. The molecule has 0 saturated carbocycles. The number of hydrogen-bond acceptors (Lipinski definition) is 7. The quantitative estimate of drug-likeness (QED) is 0.571. The molecule has 154 valence electrons. The summed E-state index contributed by atoms with van der Waals surface area (Å²) in [5.41, 5.74) is 0.140. The summed E-state index contributed by atoms with van der Waals surface area (Å²) in [6.45, 7) is 4.90. The van der Waals surface area contributed by atoms with Crippen LogP contribution in [0.3, 0.4) is 0 Å². The molecule has 2 saturated heterocycles. The van der Waals surface area contributed by atoms with Gasteiger partial charge in [-0.2, -0.15) is 0 Å². The smallest absolute Gasteiger partial charge is 0.262 e. The molecule has 1 aromatic carbocycles. The molecule has 0 radical (unpaired) electrons. The zero-order valence-corrected chi connectivity index (χ0v) is 15.8. The first-order valence-electron chi connectivity index (χ1n) is 9.68. The van der Waals surface area contributed by atoms with E-state index in [9.17, 15) is 23.6 Å². The van der Waals surface area contributed by atoms with E-state index in [0.29, 0.717) is 6.54 Å². The number of hydrogen-bond donors (Lipinski definition) is 3. The molecule has 3 heterocycles. The van der Waals surface area contributed by atoms with Gasteiger partial charge in [0.2, 0.25) is 11.8 Å². The predicted octanol–water partition coefficient (Wildman–Crippen LogP) is -0.456. The van der Waals surface area contributed by atoms with Crippen molar-refractivity contribution in [2.45, 2.75) is 18.9 Å². The zero-order chi connectivity index (χ0) is 20.5. The molecule has 0 bridgehead atoms. The molecule has 3 aliphatic heterocycles. The van der Waals surface area contributed by atoms with Crippen molar-refractivity contribution in [2.75, 3.05) is 44.6 Å². The molecule has 0 spiro atoms. The lowest BCUT2D eigenvalue weighted by Gasteiger charge is -2.27. The Morgan fingerprint density at radius 3 is 2.45 bits per heavy atom. The van der Waals surface area contributed by atoms with Crippen LogP contribution in [0.1, 0.15) is 33.6 Å². The topological polar surface area (TPSA) is 111 Å². The minimum Gasteiger partial charge on any atom is -0.381 e. The monoisotopic (exact) mass is 403 g/mol. The molecule has 3 aliphatic rings. The fourth-order valence-corrected chi connectivity index (χ4v) is 3.91. The lowest BCUT2D eigenvalue weighted by molar-refractivity contribution is -0.136. The van der Waals surface area contributed by atoms with Gasteiger partial charge in [-0.25, -0.2) is 4.39 Å². The van der Waals surface area contributed by atoms with Crippen LogP contribution in [-0.4, -0.2) is 78.7 Å². The van der Waals surface area contributed by atoms with Gasteiger partial charge in [0.05, 0.1) is 16.8 Å². The second-order valence-corrected chi connectivity index (χ2v) is 7.34. The first-order valence-corrected chi connectivity index (χ1v) is 9.68. The van der Waals surface area contributed by atoms with Crippen LogP contribution < -0.4 is 16.0 Å². The lowest BCUT2D eigenvalue weighted by Crippen LogP contribution is -2.54. The number of nitrogens with one attached hydrogen (secondary N) is 3. The SMILES string of the molecule is O=C1CCC(N2C(=O)c3cc(F)c(NCCN4CCNCC4)cc3C2=O)C(=O)N1. The highest BCUT2D eigenvalue weighted by molar-refractivity contribution is 6.23. The second kappa shape index (κ2) is 7.88. The van der Waals surface area contributed by atoms with E-state index < -0.39 is 35.5 Å².